The van der Waals surface area contributed by atoms with Gasteiger partial charge < -0.3 is 15.4 Å². The number of hydrogen-bond acceptors (Lipinski definition) is 4. The van der Waals surface area contributed by atoms with Crippen molar-refractivity contribution in [3.8, 4) is 5.75 Å². The van der Waals surface area contributed by atoms with Gasteiger partial charge in [0, 0.05) is 37.9 Å². The van der Waals surface area contributed by atoms with Gasteiger partial charge in [-0.05, 0) is 30.2 Å². The number of carbonyl (C=O) groups is 1. The van der Waals surface area contributed by atoms with Crippen molar-refractivity contribution >= 4 is 23.2 Å². The molecule has 0 unspecified atom stereocenters. The highest BCUT2D eigenvalue weighted by Gasteiger charge is 2.34. The number of ether oxygens (including phenoxy) is 1. The van der Waals surface area contributed by atoms with Gasteiger partial charge in [0.05, 0.1) is 23.7 Å². The SMILES string of the molecule is CCCOc1ccc(NC(=O)[C@H]2CNC[C@@H]2c2cnn(C)c2)cc1Cl. The molecular formula is C18H23ClN4O2. The number of halogens is 1. The molecule has 1 aromatic carbocycles. The molecule has 1 aliphatic heterocycles. The highest BCUT2D eigenvalue weighted by molar-refractivity contribution is 6.32. The number of nitrogens with zero attached hydrogens (tertiary/aromatic N) is 2. The van der Waals surface area contributed by atoms with E-state index in [2.05, 4.69) is 15.7 Å². The Balaban J connectivity index is 1.68. The maximum absolute atomic E-state index is 12.7. The predicted octanol–water partition coefficient (Wildman–Crippen LogP) is 2.80. The summed E-state index contributed by atoms with van der Waals surface area (Å²) in [5.74, 6) is 0.602. The molecular weight excluding hydrogens is 340 g/mol. The van der Waals surface area contributed by atoms with E-state index in [0.29, 0.717) is 29.6 Å². The maximum atomic E-state index is 12.7. The summed E-state index contributed by atoms with van der Waals surface area (Å²) in [6.07, 6.45) is 4.71. The Labute approximate surface area is 152 Å². The van der Waals surface area contributed by atoms with Crippen LogP contribution in [0.25, 0.3) is 0 Å². The summed E-state index contributed by atoms with van der Waals surface area (Å²) in [4.78, 5) is 12.7. The van der Waals surface area contributed by atoms with Crippen molar-refractivity contribution in [3.05, 3.63) is 41.2 Å². The Bertz CT molecular complexity index is 746. The average molecular weight is 363 g/mol. The second-order valence-electron chi connectivity index (χ2n) is 6.30. The minimum Gasteiger partial charge on any atom is -0.492 e. The standard InChI is InChI=1S/C18H23ClN4O2/c1-3-6-25-17-5-4-13(7-16(17)19)22-18(24)15-10-20-9-14(15)12-8-21-23(2)11-12/h4-5,7-8,11,14-15,20H,3,6,9-10H2,1-2H3,(H,22,24)/t14-,15+/m1/s1. The smallest absolute Gasteiger partial charge is 0.229 e. The fraction of sp³-hybridized carbons (Fsp3) is 0.444. The molecule has 2 heterocycles. The summed E-state index contributed by atoms with van der Waals surface area (Å²) in [6, 6.07) is 5.33. The summed E-state index contributed by atoms with van der Waals surface area (Å²) in [6.45, 7) is 4.08. The van der Waals surface area contributed by atoms with Crippen molar-refractivity contribution < 1.29 is 9.53 Å². The summed E-state index contributed by atoms with van der Waals surface area (Å²) in [7, 11) is 1.88. The Morgan fingerprint density at radius 2 is 2.32 bits per heavy atom. The van der Waals surface area contributed by atoms with Crippen molar-refractivity contribution in [1.82, 2.24) is 15.1 Å². The van der Waals surface area contributed by atoms with Crippen molar-refractivity contribution in [2.75, 3.05) is 25.0 Å². The van der Waals surface area contributed by atoms with Crippen LogP contribution in [0.4, 0.5) is 5.69 Å². The van der Waals surface area contributed by atoms with Crippen LogP contribution in [0.1, 0.15) is 24.8 Å². The molecule has 3 rings (SSSR count). The molecule has 2 atom stereocenters. The second-order valence-corrected chi connectivity index (χ2v) is 6.71. The molecule has 25 heavy (non-hydrogen) atoms. The van der Waals surface area contributed by atoms with Crippen LogP contribution in [0.2, 0.25) is 5.02 Å². The topological polar surface area (TPSA) is 68.2 Å². The van der Waals surface area contributed by atoms with Gasteiger partial charge in [-0.25, -0.2) is 0 Å². The van der Waals surface area contributed by atoms with Crippen LogP contribution >= 0.6 is 11.6 Å². The number of anilines is 1. The zero-order valence-corrected chi connectivity index (χ0v) is 15.2. The minimum absolute atomic E-state index is 0.0165. The van der Waals surface area contributed by atoms with Gasteiger partial charge in [0.2, 0.25) is 5.91 Å². The van der Waals surface area contributed by atoms with E-state index in [1.807, 2.05) is 32.4 Å². The van der Waals surface area contributed by atoms with Crippen molar-refractivity contribution in [2.24, 2.45) is 13.0 Å². The number of nitrogens with one attached hydrogen (secondary N) is 2. The summed E-state index contributed by atoms with van der Waals surface area (Å²) >= 11 is 6.24. The van der Waals surface area contributed by atoms with E-state index in [1.54, 1.807) is 16.8 Å². The first-order valence-corrected chi connectivity index (χ1v) is 8.88. The van der Waals surface area contributed by atoms with E-state index < -0.39 is 0 Å². The van der Waals surface area contributed by atoms with E-state index >= 15 is 0 Å². The first-order valence-electron chi connectivity index (χ1n) is 8.51. The third kappa shape index (κ3) is 4.14. The zero-order chi connectivity index (χ0) is 17.8. The third-order valence-corrected chi connectivity index (χ3v) is 4.66. The Kier molecular flexibility index (Phi) is 5.60. The monoisotopic (exact) mass is 362 g/mol. The normalized spacial score (nSPS) is 19.8. The summed E-state index contributed by atoms with van der Waals surface area (Å²) in [5.41, 5.74) is 1.75. The first-order chi connectivity index (χ1) is 12.1. The zero-order valence-electron chi connectivity index (χ0n) is 14.5. The molecule has 7 heteroatoms. The first kappa shape index (κ1) is 17.8. The number of amides is 1. The number of hydrogen-bond donors (Lipinski definition) is 2. The van der Waals surface area contributed by atoms with Gasteiger partial charge >= 0.3 is 0 Å². The summed E-state index contributed by atoms with van der Waals surface area (Å²) < 4.78 is 7.32. The van der Waals surface area contributed by atoms with Crippen LogP contribution in [0.15, 0.2) is 30.6 Å². The van der Waals surface area contributed by atoms with Crippen LogP contribution in [0, 0.1) is 5.92 Å². The number of aromatic nitrogens is 2. The Morgan fingerprint density at radius 1 is 1.48 bits per heavy atom. The molecule has 0 bridgehead atoms. The second kappa shape index (κ2) is 7.89. The molecule has 1 amide bonds. The molecule has 134 valence electrons. The molecule has 0 spiro atoms. The lowest BCUT2D eigenvalue weighted by Gasteiger charge is -2.17. The van der Waals surface area contributed by atoms with E-state index in [1.165, 1.54) is 0 Å². The number of benzene rings is 1. The molecule has 1 aliphatic rings. The van der Waals surface area contributed by atoms with Gasteiger partial charge in [-0.1, -0.05) is 18.5 Å². The number of rotatable bonds is 6. The van der Waals surface area contributed by atoms with Crippen LogP contribution in [-0.4, -0.2) is 35.4 Å². The molecule has 6 nitrogen and oxygen atoms in total. The highest BCUT2D eigenvalue weighted by atomic mass is 35.5. The van der Waals surface area contributed by atoms with Crippen LogP contribution in [-0.2, 0) is 11.8 Å². The van der Waals surface area contributed by atoms with Gasteiger partial charge in [-0.2, -0.15) is 5.10 Å². The molecule has 2 aromatic rings. The minimum atomic E-state index is -0.140. The number of carbonyl (C=O) groups excluding carboxylic acids is 1. The van der Waals surface area contributed by atoms with E-state index in [0.717, 1.165) is 18.5 Å². The molecule has 1 aromatic heterocycles. The van der Waals surface area contributed by atoms with Gasteiger partial charge in [0.1, 0.15) is 5.75 Å². The average Bonchev–Trinajstić information content (AvgIpc) is 3.22. The molecule has 0 saturated carbocycles. The van der Waals surface area contributed by atoms with Gasteiger partial charge in [-0.3, -0.25) is 9.48 Å². The molecule has 1 saturated heterocycles. The summed E-state index contributed by atoms with van der Waals surface area (Å²) in [5, 5.41) is 11.0. The number of aryl methyl sites for hydroxylation is 1. The third-order valence-electron chi connectivity index (χ3n) is 4.37. The van der Waals surface area contributed by atoms with Gasteiger partial charge in [-0.15, -0.1) is 0 Å². The van der Waals surface area contributed by atoms with E-state index in [4.69, 9.17) is 16.3 Å². The van der Waals surface area contributed by atoms with Crippen molar-refractivity contribution in [3.63, 3.8) is 0 Å². The van der Waals surface area contributed by atoms with Gasteiger partial charge in [0.25, 0.3) is 0 Å². The predicted molar refractivity (Wildman–Crippen MR) is 98.2 cm³/mol. The van der Waals surface area contributed by atoms with Crippen LogP contribution in [0.3, 0.4) is 0 Å². The van der Waals surface area contributed by atoms with Gasteiger partial charge in [0.15, 0.2) is 0 Å². The fourth-order valence-electron chi connectivity index (χ4n) is 3.08. The van der Waals surface area contributed by atoms with E-state index in [-0.39, 0.29) is 17.7 Å². The van der Waals surface area contributed by atoms with E-state index in [9.17, 15) is 4.79 Å². The molecule has 1 fully saturated rings. The Hall–Kier alpha value is -2.05. The van der Waals surface area contributed by atoms with Crippen molar-refractivity contribution in [2.45, 2.75) is 19.3 Å². The lowest BCUT2D eigenvalue weighted by Crippen LogP contribution is -2.28. The van der Waals surface area contributed by atoms with Crippen LogP contribution < -0.4 is 15.4 Å². The quantitative estimate of drug-likeness (QED) is 0.829. The fourth-order valence-corrected chi connectivity index (χ4v) is 3.31. The van der Waals surface area contributed by atoms with Crippen LogP contribution in [0.5, 0.6) is 5.75 Å². The molecule has 0 aliphatic carbocycles. The Morgan fingerprint density at radius 3 is 3.00 bits per heavy atom. The highest BCUT2D eigenvalue weighted by Crippen LogP contribution is 2.31. The molecule has 2 N–H and O–H groups in total. The largest absolute Gasteiger partial charge is 0.492 e. The lowest BCUT2D eigenvalue weighted by molar-refractivity contribution is -0.119. The lowest BCUT2D eigenvalue weighted by atomic mass is 9.90. The molecule has 0 radical (unpaired) electrons. The maximum Gasteiger partial charge on any atom is 0.229 e. The van der Waals surface area contributed by atoms with Crippen molar-refractivity contribution in [1.29, 1.82) is 0 Å².